The Morgan fingerprint density at radius 1 is 1.32 bits per heavy atom. The van der Waals surface area contributed by atoms with E-state index in [1.54, 1.807) is 17.2 Å². The van der Waals surface area contributed by atoms with Gasteiger partial charge in [0.2, 0.25) is 6.79 Å². The topological polar surface area (TPSA) is 80.9 Å². The molecule has 28 heavy (non-hydrogen) atoms. The average Bonchev–Trinajstić information content (AvgIpc) is 3.16. The van der Waals surface area contributed by atoms with Gasteiger partial charge in [-0.3, -0.25) is 4.98 Å². The van der Waals surface area contributed by atoms with E-state index in [2.05, 4.69) is 4.98 Å². The molecule has 0 radical (unpaired) electrons. The van der Waals surface area contributed by atoms with Crippen LogP contribution in [0.15, 0.2) is 36.7 Å². The fraction of sp³-hybridized carbons (Fsp3) is 0.400. The average molecular weight is 386 g/mol. The Hall–Kier alpha value is -3.03. The van der Waals surface area contributed by atoms with Crippen LogP contribution >= 0.6 is 0 Å². The summed E-state index contributed by atoms with van der Waals surface area (Å²) in [5.41, 5.74) is 6.43. The lowest BCUT2D eigenvalue weighted by molar-refractivity contribution is 0.0983. The zero-order valence-electron chi connectivity index (χ0n) is 15.9. The molecule has 4 rings (SSSR count). The number of hydrogen-bond donors (Lipinski definition) is 1. The molecule has 2 aromatic rings. The van der Waals surface area contributed by atoms with Gasteiger partial charge in [-0.25, -0.2) is 9.18 Å². The summed E-state index contributed by atoms with van der Waals surface area (Å²) >= 11 is 0. The number of urea groups is 1. The van der Waals surface area contributed by atoms with Gasteiger partial charge in [0.25, 0.3) is 0 Å². The molecule has 148 valence electrons. The third kappa shape index (κ3) is 2.89. The van der Waals surface area contributed by atoms with E-state index in [-0.39, 0.29) is 18.5 Å². The number of primary amides is 1. The highest BCUT2D eigenvalue weighted by molar-refractivity contribution is 5.74. The van der Waals surface area contributed by atoms with Gasteiger partial charge < -0.3 is 25.0 Å². The lowest BCUT2D eigenvalue weighted by Crippen LogP contribution is -2.66. The van der Waals surface area contributed by atoms with Crippen molar-refractivity contribution in [2.75, 3.05) is 31.3 Å². The molecule has 1 fully saturated rings. The minimum Gasteiger partial charge on any atom is -0.454 e. The van der Waals surface area contributed by atoms with Gasteiger partial charge in [0, 0.05) is 37.3 Å². The zero-order chi connectivity index (χ0) is 19.9. The van der Waals surface area contributed by atoms with Crippen LogP contribution < -0.4 is 20.1 Å². The van der Waals surface area contributed by atoms with Crippen molar-refractivity contribution in [3.8, 4) is 11.5 Å². The zero-order valence-corrected chi connectivity index (χ0v) is 15.9. The van der Waals surface area contributed by atoms with Crippen LogP contribution in [0.4, 0.5) is 14.9 Å². The summed E-state index contributed by atoms with van der Waals surface area (Å²) in [6, 6.07) is 6.88. The molecule has 2 atom stereocenters. The molecule has 2 amide bonds. The largest absolute Gasteiger partial charge is 0.454 e. The van der Waals surface area contributed by atoms with Crippen molar-refractivity contribution in [3.63, 3.8) is 0 Å². The summed E-state index contributed by atoms with van der Waals surface area (Å²) in [7, 11) is 0. The molecule has 0 saturated carbocycles. The minimum absolute atomic E-state index is 0.135. The normalized spacial score (nSPS) is 22.2. The van der Waals surface area contributed by atoms with Crippen LogP contribution in [-0.2, 0) is 0 Å². The van der Waals surface area contributed by atoms with Gasteiger partial charge in [-0.15, -0.1) is 0 Å². The Morgan fingerprint density at radius 2 is 2.14 bits per heavy atom. The maximum absolute atomic E-state index is 14.3. The first kappa shape index (κ1) is 18.3. The number of carbonyl (C=O) groups is 1. The van der Waals surface area contributed by atoms with Gasteiger partial charge in [0.15, 0.2) is 17.3 Å². The summed E-state index contributed by atoms with van der Waals surface area (Å²) in [6.45, 7) is 5.47. The maximum atomic E-state index is 14.3. The monoisotopic (exact) mass is 386 g/mol. The second kappa shape index (κ2) is 6.85. The second-order valence-corrected chi connectivity index (χ2v) is 7.40. The fourth-order valence-corrected chi connectivity index (χ4v) is 4.22. The molecular formula is C20H23FN4O3. The van der Waals surface area contributed by atoms with E-state index in [1.165, 1.54) is 6.20 Å². The number of piperazine rings is 1. The maximum Gasteiger partial charge on any atom is 0.315 e. The van der Waals surface area contributed by atoms with Gasteiger partial charge in [-0.1, -0.05) is 19.1 Å². The van der Waals surface area contributed by atoms with Crippen molar-refractivity contribution in [2.24, 2.45) is 5.73 Å². The Labute approximate surface area is 162 Å². The molecule has 1 aromatic heterocycles. The lowest BCUT2D eigenvalue weighted by Gasteiger charge is -2.52. The standard InChI is InChI=1S/C20H23FN4O3/c1-13(14-4-3-5-17-18(14)28-12-27-17)20(2)11-24(8-9-25(20)19(22)26)16-6-7-23-10-15(16)21/h3-7,10,13H,8-9,11-12H2,1-2H3,(H2,22,26)/t13-,20?/m1/s1. The van der Waals surface area contributed by atoms with Crippen LogP contribution in [0.1, 0.15) is 25.3 Å². The van der Waals surface area contributed by atoms with Crippen LogP contribution in [-0.4, -0.2) is 47.9 Å². The predicted molar refractivity (Wildman–Crippen MR) is 102 cm³/mol. The van der Waals surface area contributed by atoms with E-state index in [4.69, 9.17) is 15.2 Å². The predicted octanol–water partition coefficient (Wildman–Crippen LogP) is 2.71. The number of nitrogens with two attached hydrogens (primary N) is 1. The van der Waals surface area contributed by atoms with E-state index in [0.29, 0.717) is 36.8 Å². The van der Waals surface area contributed by atoms with Gasteiger partial charge >= 0.3 is 6.03 Å². The minimum atomic E-state index is -0.680. The Balaban J connectivity index is 1.73. The molecule has 3 heterocycles. The SMILES string of the molecule is C[C@H](c1cccc2c1OCO2)C1(C)CN(c2ccncc2F)CCN1C(N)=O. The van der Waals surface area contributed by atoms with Gasteiger partial charge in [-0.2, -0.15) is 0 Å². The van der Waals surface area contributed by atoms with Crippen LogP contribution in [0.25, 0.3) is 0 Å². The Bertz CT molecular complexity index is 909. The number of para-hydroxylation sites is 1. The first-order valence-electron chi connectivity index (χ1n) is 9.22. The lowest BCUT2D eigenvalue weighted by atomic mass is 9.78. The van der Waals surface area contributed by atoms with Crippen LogP contribution in [0.3, 0.4) is 0 Å². The van der Waals surface area contributed by atoms with Gasteiger partial charge in [0.05, 0.1) is 17.4 Å². The molecular weight excluding hydrogens is 363 g/mol. The Morgan fingerprint density at radius 3 is 2.89 bits per heavy atom. The van der Waals surface area contributed by atoms with Crippen molar-refractivity contribution in [3.05, 3.63) is 48.0 Å². The number of hydrogen-bond acceptors (Lipinski definition) is 5. The molecule has 0 spiro atoms. The number of halogens is 1. The van der Waals surface area contributed by atoms with E-state index in [1.807, 2.05) is 36.9 Å². The highest BCUT2D eigenvalue weighted by Gasteiger charge is 2.46. The molecule has 0 aliphatic carbocycles. The van der Waals surface area contributed by atoms with E-state index >= 15 is 0 Å². The number of carbonyl (C=O) groups excluding carboxylic acids is 1. The molecule has 2 aliphatic heterocycles. The molecule has 8 heteroatoms. The molecule has 1 unspecified atom stereocenters. The summed E-state index contributed by atoms with van der Waals surface area (Å²) in [6.07, 6.45) is 2.76. The molecule has 1 saturated heterocycles. The fourth-order valence-electron chi connectivity index (χ4n) is 4.22. The molecule has 2 N–H and O–H groups in total. The van der Waals surface area contributed by atoms with E-state index in [0.717, 1.165) is 5.56 Å². The summed E-state index contributed by atoms with van der Waals surface area (Å²) in [5.74, 6) is 0.853. The van der Waals surface area contributed by atoms with E-state index < -0.39 is 11.6 Å². The quantitative estimate of drug-likeness (QED) is 0.877. The summed E-state index contributed by atoms with van der Waals surface area (Å²) < 4.78 is 25.5. The first-order chi connectivity index (χ1) is 13.4. The molecule has 1 aromatic carbocycles. The smallest absolute Gasteiger partial charge is 0.315 e. The van der Waals surface area contributed by atoms with Crippen molar-refractivity contribution in [2.45, 2.75) is 25.3 Å². The van der Waals surface area contributed by atoms with Crippen molar-refractivity contribution in [1.82, 2.24) is 9.88 Å². The van der Waals surface area contributed by atoms with Crippen LogP contribution in [0, 0.1) is 5.82 Å². The number of ether oxygens (including phenoxy) is 2. The summed E-state index contributed by atoms with van der Waals surface area (Å²) in [5, 5.41) is 0. The third-order valence-corrected chi connectivity index (χ3v) is 5.91. The number of fused-ring (bicyclic) bond motifs is 1. The number of aromatic nitrogens is 1. The number of pyridine rings is 1. The highest BCUT2D eigenvalue weighted by Crippen LogP contribution is 2.45. The van der Waals surface area contributed by atoms with Gasteiger partial charge in [-0.05, 0) is 19.1 Å². The Kier molecular flexibility index (Phi) is 4.49. The van der Waals surface area contributed by atoms with Crippen LogP contribution in [0.5, 0.6) is 11.5 Å². The second-order valence-electron chi connectivity index (χ2n) is 7.40. The van der Waals surface area contributed by atoms with Gasteiger partial charge in [0.1, 0.15) is 0 Å². The first-order valence-corrected chi connectivity index (χ1v) is 9.22. The van der Waals surface area contributed by atoms with Crippen molar-refractivity contribution >= 4 is 11.7 Å². The number of benzene rings is 1. The third-order valence-electron chi connectivity index (χ3n) is 5.91. The molecule has 7 nitrogen and oxygen atoms in total. The number of anilines is 1. The highest BCUT2D eigenvalue weighted by atomic mass is 19.1. The van der Waals surface area contributed by atoms with E-state index in [9.17, 15) is 9.18 Å². The van der Waals surface area contributed by atoms with Crippen LogP contribution in [0.2, 0.25) is 0 Å². The summed E-state index contributed by atoms with van der Waals surface area (Å²) in [4.78, 5) is 19.7. The number of rotatable bonds is 3. The molecule has 2 aliphatic rings. The number of amides is 2. The molecule has 0 bridgehead atoms. The van der Waals surface area contributed by atoms with Crippen molar-refractivity contribution < 1.29 is 18.7 Å². The number of nitrogens with zero attached hydrogens (tertiary/aromatic N) is 3. The van der Waals surface area contributed by atoms with Crippen molar-refractivity contribution in [1.29, 1.82) is 0 Å².